The summed E-state index contributed by atoms with van der Waals surface area (Å²) in [6, 6.07) is 4.99. The SMILES string of the molecule is COc1ccc(Cl)cc1NC(=O)Cc1nc(CO)cs1. The van der Waals surface area contributed by atoms with Crippen molar-refractivity contribution in [3.63, 3.8) is 0 Å². The minimum absolute atomic E-state index is 0.125. The Balaban J connectivity index is 2.06. The highest BCUT2D eigenvalue weighted by atomic mass is 35.5. The number of carbonyl (C=O) groups is 1. The van der Waals surface area contributed by atoms with Crippen LogP contribution in [-0.4, -0.2) is 23.1 Å². The van der Waals surface area contributed by atoms with E-state index >= 15 is 0 Å². The van der Waals surface area contributed by atoms with E-state index in [2.05, 4.69) is 10.3 Å². The highest BCUT2D eigenvalue weighted by Crippen LogP contribution is 2.27. The number of aromatic nitrogens is 1. The minimum Gasteiger partial charge on any atom is -0.495 e. The first-order chi connectivity index (χ1) is 9.62. The van der Waals surface area contributed by atoms with Gasteiger partial charge in [-0.2, -0.15) is 0 Å². The van der Waals surface area contributed by atoms with Crippen LogP contribution in [-0.2, 0) is 17.8 Å². The van der Waals surface area contributed by atoms with Crippen molar-refractivity contribution in [2.75, 3.05) is 12.4 Å². The zero-order valence-corrected chi connectivity index (χ0v) is 12.3. The molecule has 2 rings (SSSR count). The van der Waals surface area contributed by atoms with E-state index in [0.29, 0.717) is 27.2 Å². The van der Waals surface area contributed by atoms with E-state index in [1.54, 1.807) is 23.6 Å². The first-order valence-electron chi connectivity index (χ1n) is 5.80. The number of hydrogen-bond donors (Lipinski definition) is 2. The lowest BCUT2D eigenvalue weighted by Gasteiger charge is -2.09. The lowest BCUT2D eigenvalue weighted by atomic mass is 10.2. The van der Waals surface area contributed by atoms with E-state index in [4.69, 9.17) is 21.4 Å². The Hall–Kier alpha value is -1.63. The highest BCUT2D eigenvalue weighted by molar-refractivity contribution is 7.09. The molecule has 2 N–H and O–H groups in total. The van der Waals surface area contributed by atoms with E-state index in [-0.39, 0.29) is 18.9 Å². The second kappa shape index (κ2) is 6.69. The number of halogens is 1. The summed E-state index contributed by atoms with van der Waals surface area (Å²) in [7, 11) is 1.52. The molecule has 0 aliphatic heterocycles. The number of nitrogens with zero attached hydrogens (tertiary/aromatic N) is 1. The number of anilines is 1. The monoisotopic (exact) mass is 312 g/mol. The number of nitrogens with one attached hydrogen (secondary N) is 1. The number of ether oxygens (including phenoxy) is 1. The van der Waals surface area contributed by atoms with Crippen LogP contribution < -0.4 is 10.1 Å². The van der Waals surface area contributed by atoms with Crippen molar-refractivity contribution in [1.29, 1.82) is 0 Å². The lowest BCUT2D eigenvalue weighted by Crippen LogP contribution is -2.15. The number of thiazole rings is 1. The topological polar surface area (TPSA) is 71.5 Å². The summed E-state index contributed by atoms with van der Waals surface area (Å²) in [4.78, 5) is 16.1. The van der Waals surface area contributed by atoms with Crippen molar-refractivity contribution in [2.24, 2.45) is 0 Å². The molecule has 0 saturated heterocycles. The molecular formula is C13H13ClN2O3S. The Morgan fingerprint density at radius 2 is 2.35 bits per heavy atom. The van der Waals surface area contributed by atoms with Crippen molar-refractivity contribution in [3.05, 3.63) is 39.3 Å². The molecule has 2 aromatic rings. The number of aliphatic hydroxyl groups excluding tert-OH is 1. The second-order valence-electron chi connectivity index (χ2n) is 3.96. The summed E-state index contributed by atoms with van der Waals surface area (Å²) >= 11 is 7.23. The smallest absolute Gasteiger partial charge is 0.231 e. The van der Waals surface area contributed by atoms with Gasteiger partial charge in [-0.05, 0) is 18.2 Å². The molecule has 1 aromatic heterocycles. The summed E-state index contributed by atoms with van der Waals surface area (Å²) in [5.41, 5.74) is 1.09. The lowest BCUT2D eigenvalue weighted by molar-refractivity contribution is -0.115. The molecule has 5 nitrogen and oxygen atoms in total. The second-order valence-corrected chi connectivity index (χ2v) is 5.34. The zero-order chi connectivity index (χ0) is 14.5. The third-order valence-electron chi connectivity index (χ3n) is 2.51. The molecule has 7 heteroatoms. The Kier molecular flexibility index (Phi) is 4.94. The van der Waals surface area contributed by atoms with Gasteiger partial charge in [-0.15, -0.1) is 11.3 Å². The van der Waals surface area contributed by atoms with Crippen LogP contribution in [0.15, 0.2) is 23.6 Å². The standard InChI is InChI=1S/C13H13ClN2O3S/c1-19-11-3-2-8(14)4-10(11)16-12(18)5-13-15-9(6-17)7-20-13/h2-4,7,17H,5-6H2,1H3,(H,16,18). The molecule has 1 aromatic carbocycles. The maximum Gasteiger partial charge on any atom is 0.231 e. The normalized spacial score (nSPS) is 10.3. The van der Waals surface area contributed by atoms with Crippen molar-refractivity contribution in [3.8, 4) is 5.75 Å². The first kappa shape index (κ1) is 14.8. The molecule has 0 bridgehead atoms. The molecule has 1 amide bonds. The quantitative estimate of drug-likeness (QED) is 0.889. The molecular weight excluding hydrogens is 300 g/mol. The number of amides is 1. The maximum atomic E-state index is 12.0. The largest absolute Gasteiger partial charge is 0.495 e. The fourth-order valence-corrected chi connectivity index (χ4v) is 2.57. The molecule has 0 aliphatic carbocycles. The van der Waals surface area contributed by atoms with Crippen LogP contribution in [0.2, 0.25) is 5.02 Å². The molecule has 106 valence electrons. The van der Waals surface area contributed by atoms with Crippen LogP contribution >= 0.6 is 22.9 Å². The van der Waals surface area contributed by atoms with Crippen LogP contribution in [0.4, 0.5) is 5.69 Å². The predicted octanol–water partition coefficient (Wildman–Crippen LogP) is 2.48. The fourth-order valence-electron chi connectivity index (χ4n) is 1.61. The van der Waals surface area contributed by atoms with E-state index in [1.807, 2.05) is 0 Å². The molecule has 1 heterocycles. The van der Waals surface area contributed by atoms with Gasteiger partial charge in [0.1, 0.15) is 10.8 Å². The Labute approximate surface area is 125 Å². The number of aliphatic hydroxyl groups is 1. The summed E-state index contributed by atoms with van der Waals surface area (Å²) in [5, 5.41) is 14.5. The molecule has 0 aliphatic rings. The number of methoxy groups -OCH3 is 1. The van der Waals surface area contributed by atoms with Crippen LogP contribution in [0, 0.1) is 0 Å². The summed E-state index contributed by atoms with van der Waals surface area (Å²) in [6.45, 7) is -0.125. The number of rotatable bonds is 5. The van der Waals surface area contributed by atoms with Gasteiger partial charge < -0.3 is 15.2 Å². The van der Waals surface area contributed by atoms with Crippen molar-refractivity contribution in [1.82, 2.24) is 4.98 Å². The van der Waals surface area contributed by atoms with E-state index in [9.17, 15) is 4.79 Å². The van der Waals surface area contributed by atoms with E-state index in [1.165, 1.54) is 18.4 Å². The molecule has 0 fully saturated rings. The number of hydrogen-bond acceptors (Lipinski definition) is 5. The third kappa shape index (κ3) is 3.69. The van der Waals surface area contributed by atoms with Gasteiger partial charge in [0.05, 0.1) is 31.5 Å². The minimum atomic E-state index is -0.218. The predicted molar refractivity (Wildman–Crippen MR) is 78.4 cm³/mol. The Bertz CT molecular complexity index is 615. The van der Waals surface area contributed by atoms with Gasteiger partial charge in [-0.3, -0.25) is 4.79 Å². The first-order valence-corrected chi connectivity index (χ1v) is 7.05. The van der Waals surface area contributed by atoms with Gasteiger partial charge in [-0.1, -0.05) is 11.6 Å². The van der Waals surface area contributed by atoms with Gasteiger partial charge in [0.25, 0.3) is 0 Å². The van der Waals surface area contributed by atoms with Crippen LogP contribution in [0.25, 0.3) is 0 Å². The van der Waals surface area contributed by atoms with Crippen LogP contribution in [0.3, 0.4) is 0 Å². The van der Waals surface area contributed by atoms with Gasteiger partial charge in [0, 0.05) is 10.4 Å². The van der Waals surface area contributed by atoms with E-state index < -0.39 is 0 Å². The third-order valence-corrected chi connectivity index (χ3v) is 3.64. The maximum absolute atomic E-state index is 12.0. The van der Waals surface area contributed by atoms with Gasteiger partial charge in [-0.25, -0.2) is 4.98 Å². The van der Waals surface area contributed by atoms with E-state index in [0.717, 1.165) is 0 Å². The van der Waals surface area contributed by atoms with Crippen LogP contribution in [0.5, 0.6) is 5.75 Å². The summed E-state index contributed by atoms with van der Waals surface area (Å²) in [6.07, 6.45) is 0.139. The van der Waals surface area contributed by atoms with Crippen molar-refractivity contribution >= 4 is 34.5 Å². The molecule has 0 unspecified atom stereocenters. The van der Waals surface area contributed by atoms with Crippen molar-refractivity contribution in [2.45, 2.75) is 13.0 Å². The molecule has 20 heavy (non-hydrogen) atoms. The van der Waals surface area contributed by atoms with Gasteiger partial charge in [0.15, 0.2) is 0 Å². The molecule has 0 atom stereocenters. The summed E-state index contributed by atoms with van der Waals surface area (Å²) in [5.74, 6) is 0.322. The Morgan fingerprint density at radius 3 is 3.00 bits per heavy atom. The van der Waals surface area contributed by atoms with Gasteiger partial charge in [0.2, 0.25) is 5.91 Å². The average Bonchev–Trinajstić information content (AvgIpc) is 2.86. The Morgan fingerprint density at radius 1 is 1.55 bits per heavy atom. The molecule has 0 spiro atoms. The molecule has 0 radical (unpaired) electrons. The highest BCUT2D eigenvalue weighted by Gasteiger charge is 2.11. The summed E-state index contributed by atoms with van der Waals surface area (Å²) < 4.78 is 5.15. The number of benzene rings is 1. The average molecular weight is 313 g/mol. The van der Waals surface area contributed by atoms with Crippen molar-refractivity contribution < 1.29 is 14.6 Å². The number of carbonyl (C=O) groups excluding carboxylic acids is 1. The van der Waals surface area contributed by atoms with Gasteiger partial charge >= 0.3 is 0 Å². The zero-order valence-electron chi connectivity index (χ0n) is 10.7. The molecule has 0 saturated carbocycles. The van der Waals surface area contributed by atoms with Crippen LogP contribution in [0.1, 0.15) is 10.7 Å². The fraction of sp³-hybridized carbons (Fsp3) is 0.231.